The van der Waals surface area contributed by atoms with E-state index in [-0.39, 0.29) is 16.2 Å². The van der Waals surface area contributed by atoms with Crippen molar-refractivity contribution in [1.29, 1.82) is 0 Å². The molecule has 0 aromatic heterocycles. The van der Waals surface area contributed by atoms with Gasteiger partial charge in [0.05, 0.1) is 28.9 Å². The second-order valence-electron chi connectivity index (χ2n) is 4.61. The first kappa shape index (κ1) is 14.8. The number of carbonyl (C=O) groups is 1. The smallest absolute Gasteiger partial charge is 0.417 e. The SMILES string of the molecule is COC(=O)c1cc2c(cc1C(F)(F)F)C(C)CS2(=O)=O. The van der Waals surface area contributed by atoms with Crippen LogP contribution in [0.1, 0.15) is 34.3 Å². The van der Waals surface area contributed by atoms with Crippen molar-refractivity contribution < 1.29 is 31.1 Å². The molecular weight excluding hydrogens is 297 g/mol. The van der Waals surface area contributed by atoms with Crippen molar-refractivity contribution in [2.24, 2.45) is 0 Å². The fraction of sp³-hybridized carbons (Fsp3) is 0.417. The van der Waals surface area contributed by atoms with Crippen LogP contribution in [0.25, 0.3) is 0 Å². The average Bonchev–Trinajstić information content (AvgIpc) is 2.56. The number of fused-ring (bicyclic) bond motifs is 1. The van der Waals surface area contributed by atoms with Crippen LogP contribution in [0, 0.1) is 0 Å². The van der Waals surface area contributed by atoms with E-state index < -0.39 is 39.0 Å². The standard InChI is InChI=1S/C12H11F3O4S/c1-6-5-20(17,18)10-4-8(11(16)19-2)9(3-7(6)10)12(13,14)15/h3-4,6H,5H2,1-2H3. The molecule has 1 aliphatic rings. The van der Waals surface area contributed by atoms with Crippen LogP contribution in [0.15, 0.2) is 17.0 Å². The first-order chi connectivity index (χ1) is 9.08. The van der Waals surface area contributed by atoms with E-state index in [1.54, 1.807) is 0 Å². The lowest BCUT2D eigenvalue weighted by molar-refractivity contribution is -0.138. The molecule has 1 aromatic rings. The maximum atomic E-state index is 13.0. The summed E-state index contributed by atoms with van der Waals surface area (Å²) in [7, 11) is -2.72. The highest BCUT2D eigenvalue weighted by Crippen LogP contribution is 2.41. The largest absolute Gasteiger partial charge is 0.465 e. The van der Waals surface area contributed by atoms with Gasteiger partial charge in [0.2, 0.25) is 0 Å². The van der Waals surface area contributed by atoms with Crippen molar-refractivity contribution in [3.05, 3.63) is 28.8 Å². The minimum atomic E-state index is -4.76. The molecule has 0 fully saturated rings. The zero-order valence-corrected chi connectivity index (χ0v) is 11.4. The molecule has 1 aliphatic heterocycles. The summed E-state index contributed by atoms with van der Waals surface area (Å²) >= 11 is 0. The van der Waals surface area contributed by atoms with Gasteiger partial charge in [-0.25, -0.2) is 13.2 Å². The van der Waals surface area contributed by atoms with Gasteiger partial charge in [-0.05, 0) is 23.6 Å². The number of methoxy groups -OCH3 is 1. The third kappa shape index (κ3) is 2.28. The van der Waals surface area contributed by atoms with Gasteiger partial charge in [-0.1, -0.05) is 6.92 Å². The number of hydrogen-bond donors (Lipinski definition) is 0. The summed E-state index contributed by atoms with van der Waals surface area (Å²) in [5, 5.41) is 0. The normalized spacial score (nSPS) is 20.6. The molecule has 0 amide bonds. The third-order valence-electron chi connectivity index (χ3n) is 3.20. The van der Waals surface area contributed by atoms with E-state index in [0.717, 1.165) is 19.2 Å². The summed E-state index contributed by atoms with van der Waals surface area (Å²) < 4.78 is 66.9. The Morgan fingerprint density at radius 3 is 2.45 bits per heavy atom. The number of sulfone groups is 1. The zero-order chi connectivity index (χ0) is 15.3. The highest BCUT2D eigenvalue weighted by molar-refractivity contribution is 7.91. The van der Waals surface area contributed by atoms with Crippen molar-refractivity contribution in [3.8, 4) is 0 Å². The van der Waals surface area contributed by atoms with E-state index >= 15 is 0 Å². The Balaban J connectivity index is 2.79. The van der Waals surface area contributed by atoms with Gasteiger partial charge in [-0.2, -0.15) is 13.2 Å². The third-order valence-corrected chi connectivity index (χ3v) is 5.16. The number of halogens is 3. The Hall–Kier alpha value is -1.57. The average molecular weight is 308 g/mol. The fourth-order valence-corrected chi connectivity index (χ4v) is 4.21. The number of alkyl halides is 3. The lowest BCUT2D eigenvalue weighted by Crippen LogP contribution is -2.15. The van der Waals surface area contributed by atoms with Crippen molar-refractivity contribution in [1.82, 2.24) is 0 Å². The van der Waals surface area contributed by atoms with Gasteiger partial charge in [0.15, 0.2) is 9.84 Å². The Morgan fingerprint density at radius 2 is 1.95 bits per heavy atom. The Labute approximate surface area is 113 Å². The van der Waals surface area contributed by atoms with Crippen LogP contribution in [0.5, 0.6) is 0 Å². The molecule has 1 atom stereocenters. The van der Waals surface area contributed by atoms with Crippen LogP contribution in [0.3, 0.4) is 0 Å². The second-order valence-corrected chi connectivity index (χ2v) is 6.61. The highest BCUT2D eigenvalue weighted by Gasteiger charge is 2.41. The van der Waals surface area contributed by atoms with Crippen LogP contribution in [0.4, 0.5) is 13.2 Å². The summed E-state index contributed by atoms with van der Waals surface area (Å²) in [5.74, 6) is -2.01. The van der Waals surface area contributed by atoms with Gasteiger partial charge in [0.1, 0.15) is 0 Å². The molecule has 0 aliphatic carbocycles. The molecular formula is C12H11F3O4S. The van der Waals surface area contributed by atoms with E-state index in [2.05, 4.69) is 4.74 Å². The molecule has 8 heteroatoms. The van der Waals surface area contributed by atoms with Crippen molar-refractivity contribution in [2.45, 2.75) is 23.9 Å². The summed E-state index contributed by atoms with van der Waals surface area (Å²) in [6.45, 7) is 1.53. The number of esters is 1. The molecule has 20 heavy (non-hydrogen) atoms. The summed E-state index contributed by atoms with van der Waals surface area (Å²) in [6, 6.07) is 1.50. The number of rotatable bonds is 1. The monoisotopic (exact) mass is 308 g/mol. The summed E-state index contributed by atoms with van der Waals surface area (Å²) in [5.41, 5.74) is -1.87. The van der Waals surface area contributed by atoms with E-state index in [4.69, 9.17) is 0 Å². The zero-order valence-electron chi connectivity index (χ0n) is 10.6. The quantitative estimate of drug-likeness (QED) is 0.747. The summed E-state index contributed by atoms with van der Waals surface area (Å²) in [6.07, 6.45) is -4.76. The maximum absolute atomic E-state index is 13.0. The van der Waals surface area contributed by atoms with E-state index in [9.17, 15) is 26.4 Å². The van der Waals surface area contributed by atoms with Crippen LogP contribution < -0.4 is 0 Å². The highest BCUT2D eigenvalue weighted by atomic mass is 32.2. The molecule has 0 radical (unpaired) electrons. The number of carbonyl (C=O) groups excluding carboxylic acids is 1. The first-order valence-corrected chi connectivity index (χ1v) is 7.29. The van der Waals surface area contributed by atoms with Gasteiger partial charge >= 0.3 is 12.1 Å². The summed E-state index contributed by atoms with van der Waals surface area (Å²) in [4.78, 5) is 11.2. The lowest BCUT2D eigenvalue weighted by atomic mass is 9.97. The minimum Gasteiger partial charge on any atom is -0.465 e. The van der Waals surface area contributed by atoms with Crippen molar-refractivity contribution in [3.63, 3.8) is 0 Å². The van der Waals surface area contributed by atoms with Crippen molar-refractivity contribution in [2.75, 3.05) is 12.9 Å². The first-order valence-electron chi connectivity index (χ1n) is 5.64. The number of ether oxygens (including phenoxy) is 1. The maximum Gasteiger partial charge on any atom is 0.417 e. The molecule has 110 valence electrons. The number of hydrogen-bond acceptors (Lipinski definition) is 4. The topological polar surface area (TPSA) is 60.4 Å². The molecule has 0 spiro atoms. The molecule has 2 rings (SSSR count). The molecule has 1 heterocycles. The van der Waals surface area contributed by atoms with Crippen LogP contribution in [-0.2, 0) is 20.8 Å². The predicted octanol–water partition coefficient (Wildman–Crippen LogP) is 2.38. The van der Waals surface area contributed by atoms with E-state index in [0.29, 0.717) is 0 Å². The number of benzene rings is 1. The molecule has 1 unspecified atom stereocenters. The van der Waals surface area contributed by atoms with Gasteiger partial charge in [-0.15, -0.1) is 0 Å². The molecule has 4 nitrogen and oxygen atoms in total. The van der Waals surface area contributed by atoms with Crippen LogP contribution in [-0.4, -0.2) is 27.2 Å². The fourth-order valence-electron chi connectivity index (χ4n) is 2.27. The Kier molecular flexibility index (Phi) is 3.32. The van der Waals surface area contributed by atoms with Gasteiger partial charge in [-0.3, -0.25) is 0 Å². The van der Waals surface area contributed by atoms with Crippen LogP contribution >= 0.6 is 0 Å². The molecule has 1 aromatic carbocycles. The van der Waals surface area contributed by atoms with Gasteiger partial charge in [0, 0.05) is 0 Å². The molecule has 0 N–H and O–H groups in total. The van der Waals surface area contributed by atoms with Gasteiger partial charge in [0.25, 0.3) is 0 Å². The van der Waals surface area contributed by atoms with Gasteiger partial charge < -0.3 is 4.74 Å². The van der Waals surface area contributed by atoms with E-state index in [1.165, 1.54) is 6.92 Å². The Morgan fingerprint density at radius 1 is 1.35 bits per heavy atom. The molecule has 0 bridgehead atoms. The minimum absolute atomic E-state index is 0.0879. The van der Waals surface area contributed by atoms with Crippen molar-refractivity contribution >= 4 is 15.8 Å². The molecule has 0 saturated heterocycles. The van der Waals surface area contributed by atoms with Crippen LogP contribution in [0.2, 0.25) is 0 Å². The predicted molar refractivity (Wildman–Crippen MR) is 63.3 cm³/mol. The second kappa shape index (κ2) is 4.47. The van der Waals surface area contributed by atoms with E-state index in [1.807, 2.05) is 0 Å². The Bertz CT molecular complexity index is 677. The lowest BCUT2D eigenvalue weighted by Gasteiger charge is -2.14. The molecule has 0 saturated carbocycles.